The first-order chi connectivity index (χ1) is 4.41. The number of rotatable bonds is 0. The summed E-state index contributed by atoms with van der Waals surface area (Å²) in [7, 11) is 0. The Morgan fingerprint density at radius 3 is 1.27 bits per heavy atom. The summed E-state index contributed by atoms with van der Waals surface area (Å²) < 4.78 is 0. The Balaban J connectivity index is 0.000001000. The summed E-state index contributed by atoms with van der Waals surface area (Å²) in [5.41, 5.74) is 0.908. The molecule has 0 saturated heterocycles. The number of hydrogen-bond acceptors (Lipinski definition) is 0. The highest BCUT2D eigenvalue weighted by molar-refractivity contribution is 14.0. The first-order valence-corrected chi connectivity index (χ1v) is 4.12. The molecule has 0 radical (unpaired) electrons. The Bertz CT molecular complexity index is 136. The lowest BCUT2D eigenvalue weighted by molar-refractivity contribution is 0.299. The average Bonchev–Trinajstić information content (AvgIpc) is 1.79. The highest BCUT2D eigenvalue weighted by Gasteiger charge is 2.25. The van der Waals surface area contributed by atoms with Crippen LogP contribution >= 0.6 is 24.0 Å². The minimum Gasteiger partial charge on any atom is -0.107 e. The molecule has 0 atom stereocenters. The van der Waals surface area contributed by atoms with Crippen LogP contribution in [0.3, 0.4) is 0 Å². The second-order valence-electron chi connectivity index (χ2n) is 4.81. The molecule has 66 valence electrons. The van der Waals surface area contributed by atoms with Crippen molar-refractivity contribution in [3.63, 3.8) is 0 Å². The van der Waals surface area contributed by atoms with Crippen molar-refractivity contribution in [2.75, 3.05) is 0 Å². The van der Waals surface area contributed by atoms with E-state index in [0.29, 0.717) is 10.8 Å². The van der Waals surface area contributed by atoms with Crippen molar-refractivity contribution < 1.29 is 0 Å². The Morgan fingerprint density at radius 1 is 0.818 bits per heavy atom. The van der Waals surface area contributed by atoms with Crippen LogP contribution in [0.1, 0.15) is 40.5 Å². The Kier molecular flexibility index (Phi) is 3.61. The lowest BCUT2D eigenvalue weighted by Gasteiger charge is -2.33. The molecule has 0 unspecified atom stereocenters. The van der Waals surface area contributed by atoms with Crippen LogP contribution in [0.4, 0.5) is 0 Å². The van der Waals surface area contributed by atoms with Gasteiger partial charge in [-0.25, -0.2) is 0 Å². The molecule has 1 aliphatic carbocycles. The van der Waals surface area contributed by atoms with E-state index in [1.54, 1.807) is 0 Å². The highest BCUT2D eigenvalue weighted by atomic mass is 127. The first-order valence-electron chi connectivity index (χ1n) is 4.12. The molecule has 0 heterocycles. The summed E-state index contributed by atoms with van der Waals surface area (Å²) in [6.07, 6.45) is 7.38. The zero-order valence-corrected chi connectivity index (χ0v) is 10.3. The van der Waals surface area contributed by atoms with Crippen molar-refractivity contribution in [3.8, 4) is 0 Å². The van der Waals surface area contributed by atoms with Crippen LogP contribution in [0.2, 0.25) is 0 Å². The minimum atomic E-state index is 0. The van der Waals surface area contributed by atoms with Gasteiger partial charge in [0.25, 0.3) is 0 Å². The summed E-state index contributed by atoms with van der Waals surface area (Å²) in [5.74, 6) is 0. The maximum Gasteiger partial charge on any atom is -0.0174 e. The predicted molar refractivity (Wildman–Crippen MR) is 61.4 cm³/mol. The van der Waals surface area contributed by atoms with Gasteiger partial charge in [-0.15, -0.1) is 24.0 Å². The molecule has 1 rings (SSSR count). The molecule has 0 nitrogen and oxygen atoms in total. The van der Waals surface area contributed by atoms with E-state index in [2.05, 4.69) is 39.8 Å². The fourth-order valence-electron chi connectivity index (χ4n) is 1.26. The van der Waals surface area contributed by atoms with Gasteiger partial charge in [-0.05, 0) is 23.7 Å². The standard InChI is InChI=1S/C10H18.HI/c1-9(2)5-7-10(3,4)8-6-9;/h5,7H,6,8H2,1-4H3;1H. The van der Waals surface area contributed by atoms with E-state index in [1.165, 1.54) is 12.8 Å². The molecule has 1 aliphatic rings. The van der Waals surface area contributed by atoms with Gasteiger partial charge in [0, 0.05) is 0 Å². The minimum absolute atomic E-state index is 0. The van der Waals surface area contributed by atoms with Crippen LogP contribution in [0, 0.1) is 10.8 Å². The monoisotopic (exact) mass is 266 g/mol. The topological polar surface area (TPSA) is 0 Å². The van der Waals surface area contributed by atoms with Crippen LogP contribution < -0.4 is 0 Å². The zero-order valence-electron chi connectivity index (χ0n) is 7.98. The maximum absolute atomic E-state index is 2.36. The second kappa shape index (κ2) is 3.46. The molecule has 0 aromatic heterocycles. The van der Waals surface area contributed by atoms with Crippen molar-refractivity contribution in [1.29, 1.82) is 0 Å². The molecule has 0 spiro atoms. The van der Waals surface area contributed by atoms with Gasteiger partial charge in [0.15, 0.2) is 0 Å². The third kappa shape index (κ3) is 3.59. The van der Waals surface area contributed by atoms with E-state index in [0.717, 1.165) is 0 Å². The summed E-state index contributed by atoms with van der Waals surface area (Å²) in [4.78, 5) is 0. The fourth-order valence-corrected chi connectivity index (χ4v) is 1.26. The van der Waals surface area contributed by atoms with Crippen molar-refractivity contribution >= 4 is 24.0 Å². The predicted octanol–water partition coefficient (Wildman–Crippen LogP) is 4.01. The summed E-state index contributed by atoms with van der Waals surface area (Å²) in [6.45, 7) is 9.22. The van der Waals surface area contributed by atoms with Gasteiger partial charge in [0.2, 0.25) is 0 Å². The molecule has 0 aliphatic heterocycles. The van der Waals surface area contributed by atoms with Gasteiger partial charge < -0.3 is 0 Å². The van der Waals surface area contributed by atoms with Crippen molar-refractivity contribution in [3.05, 3.63) is 12.2 Å². The van der Waals surface area contributed by atoms with E-state index in [1.807, 2.05) is 0 Å². The van der Waals surface area contributed by atoms with Gasteiger partial charge in [-0.3, -0.25) is 0 Å². The highest BCUT2D eigenvalue weighted by Crippen LogP contribution is 2.38. The Labute approximate surface area is 87.5 Å². The first kappa shape index (κ1) is 11.5. The van der Waals surface area contributed by atoms with E-state index >= 15 is 0 Å². The third-order valence-corrected chi connectivity index (χ3v) is 2.40. The third-order valence-electron chi connectivity index (χ3n) is 2.40. The Hall–Kier alpha value is 0.470. The fraction of sp³-hybridized carbons (Fsp3) is 0.800. The molecule has 0 N–H and O–H groups in total. The molecular formula is C10H19I. The van der Waals surface area contributed by atoms with Gasteiger partial charge in [-0.1, -0.05) is 39.8 Å². The lowest BCUT2D eigenvalue weighted by Crippen LogP contribution is -2.20. The molecule has 0 bridgehead atoms. The summed E-state index contributed by atoms with van der Waals surface area (Å²) in [5, 5.41) is 0. The molecule has 0 aromatic carbocycles. The largest absolute Gasteiger partial charge is 0.107 e. The average molecular weight is 266 g/mol. The smallest absolute Gasteiger partial charge is 0.0174 e. The SMILES string of the molecule is CC1(C)C=CC(C)(C)CC1.I. The summed E-state index contributed by atoms with van der Waals surface area (Å²) >= 11 is 0. The maximum atomic E-state index is 2.36. The van der Waals surface area contributed by atoms with E-state index in [9.17, 15) is 0 Å². The second-order valence-corrected chi connectivity index (χ2v) is 4.81. The number of halogens is 1. The zero-order chi connectivity index (χ0) is 7.83. The van der Waals surface area contributed by atoms with E-state index in [-0.39, 0.29) is 24.0 Å². The molecule has 1 heteroatoms. The molecule has 0 amide bonds. The molecule has 0 fully saturated rings. The van der Waals surface area contributed by atoms with Gasteiger partial charge in [0.05, 0.1) is 0 Å². The molecule has 0 aromatic rings. The van der Waals surface area contributed by atoms with Crippen molar-refractivity contribution in [2.24, 2.45) is 10.8 Å². The molecule has 11 heavy (non-hydrogen) atoms. The van der Waals surface area contributed by atoms with Crippen molar-refractivity contribution in [2.45, 2.75) is 40.5 Å². The van der Waals surface area contributed by atoms with Gasteiger partial charge >= 0.3 is 0 Å². The van der Waals surface area contributed by atoms with E-state index < -0.39 is 0 Å². The number of allylic oxidation sites excluding steroid dienone is 2. The molecule has 0 saturated carbocycles. The van der Waals surface area contributed by atoms with E-state index in [4.69, 9.17) is 0 Å². The van der Waals surface area contributed by atoms with Crippen LogP contribution in [-0.4, -0.2) is 0 Å². The van der Waals surface area contributed by atoms with Crippen molar-refractivity contribution in [1.82, 2.24) is 0 Å². The normalized spacial score (nSPS) is 25.8. The molecular weight excluding hydrogens is 247 g/mol. The number of hydrogen-bond donors (Lipinski definition) is 0. The van der Waals surface area contributed by atoms with Crippen LogP contribution in [0.25, 0.3) is 0 Å². The Morgan fingerprint density at radius 2 is 1.09 bits per heavy atom. The van der Waals surface area contributed by atoms with Crippen LogP contribution in [0.15, 0.2) is 12.2 Å². The quantitative estimate of drug-likeness (QED) is 0.459. The van der Waals surface area contributed by atoms with Gasteiger partial charge in [0.1, 0.15) is 0 Å². The summed E-state index contributed by atoms with van der Waals surface area (Å²) in [6, 6.07) is 0. The lowest BCUT2D eigenvalue weighted by atomic mass is 9.73. The van der Waals surface area contributed by atoms with Crippen LogP contribution in [-0.2, 0) is 0 Å². The van der Waals surface area contributed by atoms with Crippen LogP contribution in [0.5, 0.6) is 0 Å². The van der Waals surface area contributed by atoms with Gasteiger partial charge in [-0.2, -0.15) is 0 Å².